The van der Waals surface area contributed by atoms with Crippen molar-refractivity contribution in [3.63, 3.8) is 0 Å². The number of hydrogen-bond donors (Lipinski definition) is 3. The molecule has 0 saturated heterocycles. The third kappa shape index (κ3) is 6.26. The van der Waals surface area contributed by atoms with Crippen molar-refractivity contribution in [3.05, 3.63) is 35.5 Å². The fraction of sp³-hybridized carbons (Fsp3) is 0.654. The van der Waals surface area contributed by atoms with Crippen LogP contribution >= 0.6 is 0 Å². The monoisotopic (exact) mass is 446 g/mol. The fourth-order valence-corrected chi connectivity index (χ4v) is 4.96. The molecular formula is C26H42N2O4. The smallest absolute Gasteiger partial charge is 0.408 e. The van der Waals surface area contributed by atoms with Crippen LogP contribution in [0.3, 0.4) is 0 Å². The topological polar surface area (TPSA) is 85.8 Å². The van der Waals surface area contributed by atoms with Gasteiger partial charge in [0, 0.05) is 36.4 Å². The van der Waals surface area contributed by atoms with E-state index in [1.54, 1.807) is 7.11 Å². The largest absolute Gasteiger partial charge is 0.465 e. The van der Waals surface area contributed by atoms with Crippen molar-refractivity contribution in [2.24, 2.45) is 11.8 Å². The molecule has 6 nitrogen and oxygen atoms in total. The molecule has 0 aliphatic heterocycles. The van der Waals surface area contributed by atoms with Gasteiger partial charge >= 0.3 is 6.09 Å². The van der Waals surface area contributed by atoms with Crippen LogP contribution < -0.4 is 0 Å². The Labute approximate surface area is 193 Å². The van der Waals surface area contributed by atoms with Gasteiger partial charge in [-0.3, -0.25) is 4.90 Å². The van der Waals surface area contributed by atoms with Crippen LogP contribution in [0.25, 0.3) is 10.9 Å². The zero-order valence-corrected chi connectivity index (χ0v) is 20.8. The van der Waals surface area contributed by atoms with Crippen LogP contribution in [-0.4, -0.2) is 58.1 Å². The zero-order valence-electron chi connectivity index (χ0n) is 20.8. The Morgan fingerprint density at radius 3 is 2.44 bits per heavy atom. The molecule has 3 N–H and O–H groups in total. The molecule has 0 saturated carbocycles. The molecule has 0 bridgehead atoms. The maximum absolute atomic E-state index is 12.0. The van der Waals surface area contributed by atoms with Crippen molar-refractivity contribution >= 4 is 17.0 Å². The van der Waals surface area contributed by atoms with E-state index in [1.165, 1.54) is 21.4 Å². The average molecular weight is 447 g/mol. The van der Waals surface area contributed by atoms with Gasteiger partial charge in [0.05, 0.1) is 12.6 Å². The van der Waals surface area contributed by atoms with Crippen molar-refractivity contribution in [2.75, 3.05) is 20.3 Å². The lowest BCUT2D eigenvalue weighted by Crippen LogP contribution is -2.53. The van der Waals surface area contributed by atoms with Crippen molar-refractivity contribution in [1.29, 1.82) is 0 Å². The number of methoxy groups -OCH3 is 1. The van der Waals surface area contributed by atoms with E-state index in [0.717, 1.165) is 25.0 Å². The van der Waals surface area contributed by atoms with E-state index in [-0.39, 0.29) is 18.4 Å². The Hall–Kier alpha value is -2.05. The maximum atomic E-state index is 12.0. The quantitative estimate of drug-likeness (QED) is 0.389. The summed E-state index contributed by atoms with van der Waals surface area (Å²) >= 11 is 0. The molecule has 0 aliphatic rings. The van der Waals surface area contributed by atoms with Crippen molar-refractivity contribution < 1.29 is 19.7 Å². The number of amides is 1. The van der Waals surface area contributed by atoms with Crippen molar-refractivity contribution in [2.45, 2.75) is 78.3 Å². The standard InChI is InChI=1S/C26H42N2O4/c1-17(2)22(14-21(16-29)28(25(30)31)26(4,5)6)18(3)19-10-11-24-23(13-19)20(15-27-24)9-8-12-32-7/h10-11,13,15,17-18,21-22,27,29H,8-9,12,14,16H2,1-7H3,(H,30,31). The van der Waals surface area contributed by atoms with E-state index >= 15 is 0 Å². The predicted octanol–water partition coefficient (Wildman–Crippen LogP) is 5.65. The lowest BCUT2D eigenvalue weighted by molar-refractivity contribution is 0.0313. The zero-order chi connectivity index (χ0) is 24.1. The number of carbonyl (C=O) groups is 1. The van der Waals surface area contributed by atoms with Gasteiger partial charge in [-0.2, -0.15) is 0 Å². The van der Waals surface area contributed by atoms with Crippen LogP contribution in [-0.2, 0) is 11.2 Å². The van der Waals surface area contributed by atoms with Gasteiger partial charge in [-0.1, -0.05) is 26.8 Å². The van der Waals surface area contributed by atoms with Crippen LogP contribution in [0.2, 0.25) is 0 Å². The molecule has 1 heterocycles. The molecule has 1 aromatic heterocycles. The molecular weight excluding hydrogens is 404 g/mol. The van der Waals surface area contributed by atoms with E-state index in [2.05, 4.69) is 50.2 Å². The average Bonchev–Trinajstić information content (AvgIpc) is 3.11. The minimum Gasteiger partial charge on any atom is -0.465 e. The first kappa shape index (κ1) is 26.2. The molecule has 1 aromatic carbocycles. The number of fused-ring (bicyclic) bond motifs is 1. The number of nitrogens with one attached hydrogen (secondary N) is 1. The van der Waals surface area contributed by atoms with Gasteiger partial charge in [0.15, 0.2) is 0 Å². The molecule has 0 aliphatic carbocycles. The van der Waals surface area contributed by atoms with Crippen molar-refractivity contribution in [3.8, 4) is 0 Å². The van der Waals surface area contributed by atoms with E-state index in [9.17, 15) is 15.0 Å². The van der Waals surface area contributed by atoms with E-state index < -0.39 is 17.7 Å². The Balaban J connectivity index is 2.32. The summed E-state index contributed by atoms with van der Waals surface area (Å²) in [6, 6.07) is 6.15. The molecule has 0 fully saturated rings. The van der Waals surface area contributed by atoms with Crippen LogP contribution in [0.15, 0.2) is 24.4 Å². The Morgan fingerprint density at radius 1 is 1.22 bits per heavy atom. The summed E-state index contributed by atoms with van der Waals surface area (Å²) < 4.78 is 5.20. The third-order valence-electron chi connectivity index (χ3n) is 6.66. The summed E-state index contributed by atoms with van der Waals surface area (Å²) in [6.45, 7) is 12.8. The number of nitrogens with zero attached hydrogens (tertiary/aromatic N) is 1. The Morgan fingerprint density at radius 2 is 1.91 bits per heavy atom. The first-order chi connectivity index (χ1) is 15.0. The predicted molar refractivity (Wildman–Crippen MR) is 130 cm³/mol. The number of H-pyrrole nitrogens is 1. The van der Waals surface area contributed by atoms with Gasteiger partial charge in [-0.15, -0.1) is 0 Å². The number of aliphatic hydroxyl groups excluding tert-OH is 1. The third-order valence-corrected chi connectivity index (χ3v) is 6.66. The number of aromatic amines is 1. The summed E-state index contributed by atoms with van der Waals surface area (Å²) in [7, 11) is 1.73. The maximum Gasteiger partial charge on any atom is 0.408 e. The summed E-state index contributed by atoms with van der Waals surface area (Å²) in [5.41, 5.74) is 3.10. The number of hydrogen-bond acceptors (Lipinski definition) is 3. The highest BCUT2D eigenvalue weighted by molar-refractivity contribution is 5.84. The first-order valence-electron chi connectivity index (χ1n) is 11.7. The second kappa shape index (κ2) is 11.2. The SMILES string of the molecule is COCCCc1c[nH]c2ccc(C(C)C(CC(CO)N(C(=O)O)C(C)(C)C)C(C)C)cc12. The van der Waals surface area contributed by atoms with Gasteiger partial charge in [-0.25, -0.2) is 4.79 Å². The van der Waals surface area contributed by atoms with Crippen LogP contribution in [0.1, 0.15) is 71.4 Å². The normalized spacial score (nSPS) is 15.2. The highest BCUT2D eigenvalue weighted by Gasteiger charge is 2.36. The van der Waals surface area contributed by atoms with Gasteiger partial charge in [0.2, 0.25) is 0 Å². The number of carboxylic acid groups (broad SMARTS) is 1. The molecule has 3 unspecified atom stereocenters. The lowest BCUT2D eigenvalue weighted by Gasteiger charge is -2.41. The second-order valence-corrected chi connectivity index (χ2v) is 10.3. The van der Waals surface area contributed by atoms with Gasteiger partial charge in [0.25, 0.3) is 0 Å². The van der Waals surface area contributed by atoms with Crippen LogP contribution in [0, 0.1) is 11.8 Å². The fourth-order valence-electron chi connectivity index (χ4n) is 4.96. The summed E-state index contributed by atoms with van der Waals surface area (Å²) in [5, 5.41) is 21.2. The minimum atomic E-state index is -0.985. The molecule has 0 radical (unpaired) electrons. The molecule has 2 rings (SSSR count). The number of aryl methyl sites for hydroxylation is 1. The second-order valence-electron chi connectivity index (χ2n) is 10.3. The number of aromatic nitrogens is 1. The lowest BCUT2D eigenvalue weighted by atomic mass is 9.76. The van der Waals surface area contributed by atoms with Crippen LogP contribution in [0.4, 0.5) is 4.79 Å². The number of aliphatic hydroxyl groups is 1. The summed E-state index contributed by atoms with van der Waals surface area (Å²) in [4.78, 5) is 16.8. The van der Waals surface area contributed by atoms with Crippen LogP contribution in [0.5, 0.6) is 0 Å². The molecule has 2 aromatic rings. The molecule has 180 valence electrons. The molecule has 0 spiro atoms. The van der Waals surface area contributed by atoms with E-state index in [4.69, 9.17) is 4.74 Å². The Bertz CT molecular complexity index is 868. The summed E-state index contributed by atoms with van der Waals surface area (Å²) in [5.74, 6) is 0.799. The summed E-state index contributed by atoms with van der Waals surface area (Å²) in [6.07, 6.45) is 3.66. The first-order valence-corrected chi connectivity index (χ1v) is 11.7. The number of rotatable bonds is 11. The number of benzene rings is 1. The highest BCUT2D eigenvalue weighted by Crippen LogP contribution is 2.37. The van der Waals surface area contributed by atoms with Crippen molar-refractivity contribution in [1.82, 2.24) is 9.88 Å². The molecule has 1 amide bonds. The van der Waals surface area contributed by atoms with Gasteiger partial charge in [-0.05, 0) is 81.0 Å². The van der Waals surface area contributed by atoms with E-state index in [1.807, 2.05) is 20.8 Å². The minimum absolute atomic E-state index is 0.181. The Kier molecular flexibility index (Phi) is 9.17. The molecule has 32 heavy (non-hydrogen) atoms. The number of ether oxygens (including phenoxy) is 1. The molecule has 6 heteroatoms. The highest BCUT2D eigenvalue weighted by atomic mass is 16.5. The van der Waals surface area contributed by atoms with E-state index in [0.29, 0.717) is 12.3 Å². The van der Waals surface area contributed by atoms with Gasteiger partial charge < -0.3 is 19.9 Å². The molecule has 3 atom stereocenters. The van der Waals surface area contributed by atoms with Gasteiger partial charge in [0.1, 0.15) is 0 Å².